The van der Waals surface area contributed by atoms with Gasteiger partial charge in [-0.2, -0.15) is 0 Å². The van der Waals surface area contributed by atoms with Crippen LogP contribution >= 0.6 is 34.7 Å². The summed E-state index contributed by atoms with van der Waals surface area (Å²) in [7, 11) is 0. The molecule has 3 fully saturated rings. The second-order valence-electron chi connectivity index (χ2n) is 11.7. The second kappa shape index (κ2) is 10.6. The van der Waals surface area contributed by atoms with E-state index in [1.807, 2.05) is 54.6 Å². The number of benzene rings is 3. The molecule has 2 aliphatic heterocycles. The maximum Gasteiger partial charge on any atom is 0.305 e. The van der Waals surface area contributed by atoms with E-state index < -0.39 is 5.92 Å². The summed E-state index contributed by atoms with van der Waals surface area (Å²) in [5.41, 5.74) is 2.21. The largest absolute Gasteiger partial charge is 0.484 e. The molecule has 1 aromatic heterocycles. The summed E-state index contributed by atoms with van der Waals surface area (Å²) in [5, 5.41) is 4.29. The number of anilines is 2. The molecular weight excluding hydrogens is 618 g/mol. The van der Waals surface area contributed by atoms with Gasteiger partial charge in [0, 0.05) is 26.8 Å². The van der Waals surface area contributed by atoms with E-state index in [0.29, 0.717) is 22.1 Å². The standard InChI is InChI=1S/C33H26ClN3O5S2/c34-17-9-11-19(12-10-17)37-31(39)26-21-14-22(27(26)32(37)40)28-25(21)24(29-30(43-28)36-33(41)44-29)16-5-4-8-20(13-16)42-15-23(38)35-18-6-2-1-3-7-18/h1-13,21-22,24-28H,14-15H2,(H,35,38)(H,36,41)/t21-,22-,24-,25?,26?,27?,28?/m1/s1. The van der Waals surface area contributed by atoms with E-state index in [0.717, 1.165) is 21.9 Å². The number of hydrogen-bond acceptors (Lipinski definition) is 7. The Labute approximate surface area is 265 Å². The minimum Gasteiger partial charge on any atom is -0.484 e. The summed E-state index contributed by atoms with van der Waals surface area (Å²) in [6, 6.07) is 23.7. The molecule has 0 radical (unpaired) electrons. The van der Waals surface area contributed by atoms with Crippen LogP contribution in [0.5, 0.6) is 5.75 Å². The fourth-order valence-electron chi connectivity index (χ4n) is 7.90. The average Bonchev–Trinajstić information content (AvgIpc) is 3.76. The number of nitrogens with zero attached hydrogens (tertiary/aromatic N) is 1. The van der Waals surface area contributed by atoms with Crippen LogP contribution in [-0.4, -0.2) is 34.6 Å². The number of hydrogen-bond donors (Lipinski definition) is 2. The zero-order valence-corrected chi connectivity index (χ0v) is 25.5. The van der Waals surface area contributed by atoms with Crippen LogP contribution in [0.1, 0.15) is 22.8 Å². The predicted octanol–water partition coefficient (Wildman–Crippen LogP) is 5.79. The van der Waals surface area contributed by atoms with Crippen molar-refractivity contribution in [2.45, 2.75) is 22.6 Å². The number of aromatic amines is 1. The molecule has 4 unspecified atom stereocenters. The lowest BCUT2D eigenvalue weighted by Crippen LogP contribution is -2.42. The highest BCUT2D eigenvalue weighted by Gasteiger charge is 2.69. The summed E-state index contributed by atoms with van der Waals surface area (Å²) in [4.78, 5) is 58.1. The molecule has 7 atom stereocenters. The van der Waals surface area contributed by atoms with Crippen LogP contribution in [0.2, 0.25) is 5.02 Å². The first-order valence-corrected chi connectivity index (χ1v) is 16.6. The number of thioether (sulfide) groups is 1. The molecule has 1 saturated heterocycles. The van der Waals surface area contributed by atoms with Gasteiger partial charge < -0.3 is 15.0 Å². The van der Waals surface area contributed by atoms with Gasteiger partial charge in [-0.05, 0) is 78.3 Å². The van der Waals surface area contributed by atoms with Crippen LogP contribution in [0, 0.1) is 29.6 Å². The molecule has 2 N–H and O–H groups in total. The smallest absolute Gasteiger partial charge is 0.305 e. The van der Waals surface area contributed by atoms with E-state index >= 15 is 0 Å². The van der Waals surface area contributed by atoms with E-state index in [-0.39, 0.29) is 64.0 Å². The number of carbonyl (C=O) groups is 3. The van der Waals surface area contributed by atoms with Crippen molar-refractivity contribution in [1.29, 1.82) is 0 Å². The Morgan fingerprint density at radius 2 is 1.70 bits per heavy atom. The molecule has 0 spiro atoms. The second-order valence-corrected chi connectivity index (χ2v) is 14.4. The zero-order valence-electron chi connectivity index (χ0n) is 23.1. The molecule has 222 valence electrons. The van der Waals surface area contributed by atoms with Crippen molar-refractivity contribution in [3.8, 4) is 5.75 Å². The summed E-state index contributed by atoms with van der Waals surface area (Å²) < 4.78 is 5.91. The number of ether oxygens (including phenoxy) is 1. The molecule has 11 heteroatoms. The van der Waals surface area contributed by atoms with Gasteiger partial charge in [0.05, 0.1) is 22.5 Å². The predicted molar refractivity (Wildman–Crippen MR) is 169 cm³/mol. The van der Waals surface area contributed by atoms with E-state index in [9.17, 15) is 19.2 Å². The summed E-state index contributed by atoms with van der Waals surface area (Å²) >= 11 is 8.94. The molecule has 8 nitrogen and oxygen atoms in total. The number of para-hydroxylation sites is 1. The SMILES string of the molecule is O=C(COc1cccc([C@H]2c3sc(=O)[nH]c3SC3C2[C@H]2C[C@@H]3C3C(=O)N(c4ccc(Cl)cc4)C(=O)C32)c1)Nc1ccccc1. The van der Waals surface area contributed by atoms with Gasteiger partial charge in [0.2, 0.25) is 11.8 Å². The summed E-state index contributed by atoms with van der Waals surface area (Å²) in [6.45, 7) is -0.154. The molecule has 2 bridgehead atoms. The molecule has 4 aliphatic rings. The Kier molecular flexibility index (Phi) is 6.69. The molecule has 8 rings (SSSR count). The quantitative estimate of drug-likeness (QED) is 0.258. The highest BCUT2D eigenvalue weighted by molar-refractivity contribution is 8.00. The highest BCUT2D eigenvalue weighted by Crippen LogP contribution is 2.68. The number of aromatic nitrogens is 1. The lowest BCUT2D eigenvalue weighted by Gasteiger charge is -2.43. The van der Waals surface area contributed by atoms with Crippen molar-refractivity contribution >= 4 is 63.8 Å². The minimum atomic E-state index is -0.397. The van der Waals surface area contributed by atoms with Gasteiger partial charge in [-0.1, -0.05) is 53.3 Å². The molecule has 4 aromatic rings. The Hall–Kier alpha value is -3.86. The van der Waals surface area contributed by atoms with Crippen LogP contribution in [-0.2, 0) is 14.4 Å². The molecule has 2 saturated carbocycles. The van der Waals surface area contributed by atoms with Crippen molar-refractivity contribution in [2.24, 2.45) is 29.6 Å². The number of H-pyrrole nitrogens is 1. The molecule has 2 aliphatic carbocycles. The number of halogens is 1. The average molecular weight is 644 g/mol. The number of rotatable bonds is 6. The number of thiazole rings is 1. The molecule has 3 heterocycles. The Bertz CT molecular complexity index is 1860. The number of carbonyl (C=O) groups excluding carboxylic acids is 3. The Balaban J connectivity index is 1.10. The minimum absolute atomic E-state index is 0.00664. The van der Waals surface area contributed by atoms with Gasteiger partial charge in [0.15, 0.2) is 6.61 Å². The molecule has 3 aromatic carbocycles. The van der Waals surface area contributed by atoms with Crippen molar-refractivity contribution in [1.82, 2.24) is 4.98 Å². The van der Waals surface area contributed by atoms with Crippen molar-refractivity contribution in [2.75, 3.05) is 16.8 Å². The monoisotopic (exact) mass is 643 g/mol. The van der Waals surface area contributed by atoms with Gasteiger partial charge in [0.1, 0.15) is 5.75 Å². The van der Waals surface area contributed by atoms with Crippen molar-refractivity contribution < 1.29 is 19.1 Å². The van der Waals surface area contributed by atoms with E-state index in [1.165, 1.54) is 16.2 Å². The fraction of sp³-hybridized carbons (Fsp3) is 0.273. The Morgan fingerprint density at radius 1 is 0.955 bits per heavy atom. The topological polar surface area (TPSA) is 109 Å². The van der Waals surface area contributed by atoms with Crippen LogP contribution in [0.25, 0.3) is 0 Å². The number of imide groups is 1. The first-order valence-electron chi connectivity index (χ1n) is 14.5. The van der Waals surface area contributed by atoms with Crippen LogP contribution in [0.15, 0.2) is 88.7 Å². The van der Waals surface area contributed by atoms with E-state index in [2.05, 4.69) is 10.3 Å². The van der Waals surface area contributed by atoms with Gasteiger partial charge in [0.25, 0.3) is 5.91 Å². The van der Waals surface area contributed by atoms with Crippen LogP contribution in [0.3, 0.4) is 0 Å². The van der Waals surface area contributed by atoms with Gasteiger partial charge in [-0.3, -0.25) is 24.1 Å². The molecule has 3 amide bonds. The van der Waals surface area contributed by atoms with Crippen molar-refractivity contribution in [3.05, 3.63) is 104 Å². The maximum atomic E-state index is 13.9. The normalized spacial score (nSPS) is 28.0. The third kappa shape index (κ3) is 4.42. The zero-order chi connectivity index (χ0) is 30.1. The fourth-order valence-corrected chi connectivity index (χ4v) is 10.9. The van der Waals surface area contributed by atoms with E-state index in [1.54, 1.807) is 36.0 Å². The maximum absolute atomic E-state index is 13.9. The van der Waals surface area contributed by atoms with Gasteiger partial charge in [-0.15, -0.1) is 11.8 Å². The first-order chi connectivity index (χ1) is 21.4. The lowest BCUT2D eigenvalue weighted by atomic mass is 9.68. The number of amides is 3. The lowest BCUT2D eigenvalue weighted by molar-refractivity contribution is -0.123. The molecule has 44 heavy (non-hydrogen) atoms. The summed E-state index contributed by atoms with van der Waals surface area (Å²) in [5.74, 6) is -0.850. The third-order valence-electron chi connectivity index (χ3n) is 9.45. The Morgan fingerprint density at radius 3 is 2.48 bits per heavy atom. The highest BCUT2D eigenvalue weighted by atomic mass is 35.5. The van der Waals surface area contributed by atoms with Gasteiger partial charge in [-0.25, -0.2) is 0 Å². The van der Waals surface area contributed by atoms with Crippen molar-refractivity contribution in [3.63, 3.8) is 0 Å². The number of fused-ring (bicyclic) bond motifs is 9. The molecular formula is C33H26ClN3O5S2. The summed E-state index contributed by atoms with van der Waals surface area (Å²) in [6.07, 6.45) is 0.801. The number of nitrogens with one attached hydrogen (secondary N) is 2. The first kappa shape index (κ1) is 27.7. The van der Waals surface area contributed by atoms with Crippen LogP contribution < -0.4 is 19.8 Å². The van der Waals surface area contributed by atoms with E-state index in [4.69, 9.17) is 16.3 Å². The van der Waals surface area contributed by atoms with Gasteiger partial charge >= 0.3 is 4.87 Å². The third-order valence-corrected chi connectivity index (χ3v) is 12.3. The van der Waals surface area contributed by atoms with Crippen LogP contribution in [0.4, 0.5) is 11.4 Å².